The highest BCUT2D eigenvalue weighted by Crippen LogP contribution is 2.57. The fourth-order valence-corrected chi connectivity index (χ4v) is 8.81. The zero-order valence-electron chi connectivity index (χ0n) is 27.3. The molecule has 248 valence electrons. The maximum Gasteiger partial charge on any atom is 0.231 e. The molecule has 5 heterocycles. The Morgan fingerprint density at radius 2 is 1.94 bits per heavy atom. The lowest BCUT2D eigenvalue weighted by molar-refractivity contribution is -0.124. The molecule has 0 spiro atoms. The third kappa shape index (κ3) is 6.11. The molecule has 47 heavy (non-hydrogen) atoms. The van der Waals surface area contributed by atoms with Crippen LogP contribution in [-0.2, 0) is 17.9 Å². The van der Waals surface area contributed by atoms with Crippen LogP contribution in [0.4, 0.5) is 5.69 Å². The third-order valence-electron chi connectivity index (χ3n) is 8.86. The summed E-state index contributed by atoms with van der Waals surface area (Å²) in [4.78, 5) is 28.7. The average molecular weight is 677 g/mol. The second kappa shape index (κ2) is 12.9. The molecule has 14 heteroatoms. The highest BCUT2D eigenvalue weighted by atomic mass is 32.3. The first kappa shape index (κ1) is 33.0. The number of ether oxygens (including phenoxy) is 1. The number of amides is 1. The molecule has 0 aliphatic carbocycles. The molecular weight excluding hydrogens is 637 g/mol. The molecule has 1 aromatic carbocycles. The summed E-state index contributed by atoms with van der Waals surface area (Å²) in [5, 5.41) is 12.6. The number of benzene rings is 1. The monoisotopic (exact) mass is 676 g/mol. The Hall–Kier alpha value is -3.95. The SMILES string of the molecule is CCC1CN(Cc2nc(C(c3ccc4c(nnn4CC)c3C)C(C)(C)C(=O)Nc3cccnc3)sc2C)S(O)(O)c2cnccc2O1. The van der Waals surface area contributed by atoms with Crippen molar-refractivity contribution in [3.63, 3.8) is 0 Å². The zero-order valence-corrected chi connectivity index (χ0v) is 29.0. The van der Waals surface area contributed by atoms with Gasteiger partial charge in [0.25, 0.3) is 0 Å². The number of aryl methyl sites for hydroxylation is 3. The summed E-state index contributed by atoms with van der Waals surface area (Å²) in [5.41, 5.74) is 3.89. The number of nitrogens with one attached hydrogen (secondary N) is 1. The van der Waals surface area contributed by atoms with Gasteiger partial charge in [0.1, 0.15) is 27.3 Å². The maximum absolute atomic E-state index is 14.1. The Balaban J connectivity index is 1.43. The van der Waals surface area contributed by atoms with Crippen molar-refractivity contribution in [3.05, 3.63) is 81.8 Å². The molecule has 0 fully saturated rings. The van der Waals surface area contributed by atoms with Gasteiger partial charge in [0.2, 0.25) is 5.91 Å². The van der Waals surface area contributed by atoms with Crippen LogP contribution in [0.25, 0.3) is 11.0 Å². The lowest BCUT2D eigenvalue weighted by Crippen LogP contribution is -2.37. The summed E-state index contributed by atoms with van der Waals surface area (Å²) in [6.45, 7) is 13.0. The highest BCUT2D eigenvalue weighted by molar-refractivity contribution is 8.22. The Morgan fingerprint density at radius 3 is 2.66 bits per heavy atom. The molecule has 3 N–H and O–H groups in total. The number of aromatic nitrogens is 6. The van der Waals surface area contributed by atoms with E-state index in [1.54, 1.807) is 35.0 Å². The second-order valence-electron chi connectivity index (χ2n) is 12.3. The van der Waals surface area contributed by atoms with E-state index in [0.29, 0.717) is 36.6 Å². The molecule has 5 aromatic rings. The minimum absolute atomic E-state index is 0.177. The molecule has 2 atom stereocenters. The molecule has 0 saturated carbocycles. The number of fused-ring (bicyclic) bond motifs is 2. The number of anilines is 1. The average Bonchev–Trinajstić information content (AvgIpc) is 3.62. The first-order valence-corrected chi connectivity index (χ1v) is 17.9. The van der Waals surface area contributed by atoms with Crippen LogP contribution in [0.1, 0.15) is 66.7 Å². The quantitative estimate of drug-likeness (QED) is 0.152. The molecule has 0 saturated heterocycles. The van der Waals surface area contributed by atoms with E-state index in [-0.39, 0.29) is 23.5 Å². The predicted octanol–water partition coefficient (Wildman–Crippen LogP) is 6.81. The maximum atomic E-state index is 14.1. The van der Waals surface area contributed by atoms with E-state index in [2.05, 4.69) is 25.6 Å². The molecule has 0 bridgehead atoms. The number of nitrogens with zero attached hydrogens (tertiary/aromatic N) is 7. The summed E-state index contributed by atoms with van der Waals surface area (Å²) < 4.78 is 32.8. The van der Waals surface area contributed by atoms with E-state index in [1.807, 2.05) is 64.4 Å². The normalized spacial score (nSPS) is 17.8. The van der Waals surface area contributed by atoms with Crippen LogP contribution in [0.15, 0.2) is 60.0 Å². The van der Waals surface area contributed by atoms with Gasteiger partial charge in [0.15, 0.2) is 0 Å². The zero-order chi connectivity index (χ0) is 33.5. The van der Waals surface area contributed by atoms with Gasteiger partial charge in [0.05, 0.1) is 53.7 Å². The summed E-state index contributed by atoms with van der Waals surface area (Å²) in [6.07, 6.45) is 6.76. The van der Waals surface area contributed by atoms with Gasteiger partial charge in [0, 0.05) is 29.9 Å². The summed E-state index contributed by atoms with van der Waals surface area (Å²) in [6, 6.07) is 9.31. The van der Waals surface area contributed by atoms with Gasteiger partial charge in [-0.25, -0.2) is 9.67 Å². The van der Waals surface area contributed by atoms with E-state index in [9.17, 15) is 13.9 Å². The fraction of sp³-hybridized carbons (Fsp3) is 0.394. The molecule has 1 aliphatic rings. The van der Waals surface area contributed by atoms with E-state index in [0.717, 1.165) is 32.0 Å². The molecule has 4 aromatic heterocycles. The summed E-state index contributed by atoms with van der Waals surface area (Å²) >= 11 is 1.51. The first-order chi connectivity index (χ1) is 22.4. The standard InChI is InChI=1S/C33H40N8O4S2/c1-7-23-18-40(47(43,44)28-17-35-15-13-27(28)45-23)19-25-21(4)46-31(37-25)29(33(5,6)32(42)36-22-10-9-14-34-16-22)24-11-12-26-30(20(24)3)38-39-41(26)8-2/h9-17,23,29,43-44H,7-8,18-19H2,1-6H3,(H,36,42). The molecule has 12 nitrogen and oxygen atoms in total. The molecule has 2 unspecified atom stereocenters. The van der Waals surface area contributed by atoms with Crippen molar-refractivity contribution in [3.8, 4) is 5.75 Å². The Labute approximate surface area is 279 Å². The lowest BCUT2D eigenvalue weighted by atomic mass is 9.73. The van der Waals surface area contributed by atoms with Crippen molar-refractivity contribution < 1.29 is 18.6 Å². The van der Waals surface area contributed by atoms with Gasteiger partial charge < -0.3 is 10.1 Å². The molecule has 1 amide bonds. The minimum Gasteiger partial charge on any atom is -0.487 e. The highest BCUT2D eigenvalue weighted by Gasteiger charge is 2.43. The van der Waals surface area contributed by atoms with Gasteiger partial charge in [-0.2, -0.15) is 4.31 Å². The van der Waals surface area contributed by atoms with Gasteiger partial charge in [-0.15, -0.1) is 27.2 Å². The van der Waals surface area contributed by atoms with Gasteiger partial charge in [-0.3, -0.25) is 23.9 Å². The van der Waals surface area contributed by atoms with Crippen molar-refractivity contribution in [2.45, 2.75) is 78.0 Å². The smallest absolute Gasteiger partial charge is 0.231 e. The first-order valence-electron chi connectivity index (χ1n) is 15.6. The van der Waals surface area contributed by atoms with Crippen LogP contribution in [0, 0.1) is 19.3 Å². The number of carbonyl (C=O) groups excluding carboxylic acids is 1. The van der Waals surface area contributed by atoms with Crippen LogP contribution in [0.5, 0.6) is 5.75 Å². The van der Waals surface area contributed by atoms with Gasteiger partial charge in [-0.05, 0) is 56.5 Å². The van der Waals surface area contributed by atoms with Crippen molar-refractivity contribution in [1.29, 1.82) is 0 Å². The summed E-state index contributed by atoms with van der Waals surface area (Å²) in [5.74, 6) is -0.221. The van der Waals surface area contributed by atoms with Crippen LogP contribution in [-0.4, -0.2) is 61.9 Å². The van der Waals surface area contributed by atoms with Gasteiger partial charge in [-0.1, -0.05) is 32.1 Å². The topological polar surface area (TPSA) is 151 Å². The number of carbonyl (C=O) groups is 1. The second-order valence-corrected chi connectivity index (χ2v) is 15.5. The molecule has 0 radical (unpaired) electrons. The minimum atomic E-state index is -3.43. The van der Waals surface area contributed by atoms with E-state index < -0.39 is 22.1 Å². The van der Waals surface area contributed by atoms with Crippen molar-refractivity contribution in [2.75, 3.05) is 11.9 Å². The number of hydrogen-bond donors (Lipinski definition) is 3. The fourth-order valence-electron chi connectivity index (χ4n) is 6.03. The summed E-state index contributed by atoms with van der Waals surface area (Å²) in [7, 11) is -3.43. The molecular formula is C33H40N8O4S2. The van der Waals surface area contributed by atoms with E-state index in [4.69, 9.17) is 9.72 Å². The van der Waals surface area contributed by atoms with E-state index >= 15 is 0 Å². The van der Waals surface area contributed by atoms with Crippen molar-refractivity contribution >= 4 is 44.7 Å². The molecule has 6 rings (SSSR count). The van der Waals surface area contributed by atoms with Gasteiger partial charge >= 0.3 is 0 Å². The Morgan fingerprint density at radius 1 is 1.15 bits per heavy atom. The lowest BCUT2D eigenvalue weighted by Gasteiger charge is -2.41. The van der Waals surface area contributed by atoms with Crippen molar-refractivity contribution in [2.24, 2.45) is 5.41 Å². The van der Waals surface area contributed by atoms with Crippen molar-refractivity contribution in [1.82, 2.24) is 34.3 Å². The Bertz CT molecular complexity index is 1910. The van der Waals surface area contributed by atoms with Crippen LogP contribution in [0.2, 0.25) is 0 Å². The third-order valence-corrected chi connectivity index (χ3v) is 11.8. The van der Waals surface area contributed by atoms with Crippen LogP contribution in [0.3, 0.4) is 0 Å². The number of pyridine rings is 2. The number of thiazole rings is 1. The van der Waals surface area contributed by atoms with Crippen LogP contribution < -0.4 is 10.1 Å². The predicted molar refractivity (Wildman–Crippen MR) is 184 cm³/mol. The van der Waals surface area contributed by atoms with Crippen LogP contribution >= 0.6 is 22.1 Å². The van der Waals surface area contributed by atoms with E-state index in [1.165, 1.54) is 17.5 Å². The number of rotatable bonds is 9. The Kier molecular flexibility index (Phi) is 9.06. The molecule has 1 aliphatic heterocycles. The number of hydrogen-bond acceptors (Lipinski definition) is 11. The largest absolute Gasteiger partial charge is 0.487 e.